The highest BCUT2D eigenvalue weighted by atomic mass is 32.2. The van der Waals surface area contributed by atoms with Crippen molar-refractivity contribution in [3.8, 4) is 0 Å². The van der Waals surface area contributed by atoms with Crippen molar-refractivity contribution in [3.63, 3.8) is 0 Å². The van der Waals surface area contributed by atoms with E-state index in [-0.39, 0.29) is 17.7 Å². The zero-order chi connectivity index (χ0) is 15.0. The first-order valence-corrected chi connectivity index (χ1v) is 7.81. The number of anilines is 1. The van der Waals surface area contributed by atoms with Crippen molar-refractivity contribution in [2.45, 2.75) is 31.9 Å². The SMILES string of the molecule is CCCCSC(C)C(=O)N(CC(=O)O)c1ccccc1. The largest absolute Gasteiger partial charge is 0.480 e. The van der Waals surface area contributed by atoms with E-state index in [1.807, 2.05) is 13.0 Å². The van der Waals surface area contributed by atoms with Crippen LogP contribution in [-0.2, 0) is 9.59 Å². The summed E-state index contributed by atoms with van der Waals surface area (Å²) in [7, 11) is 0. The summed E-state index contributed by atoms with van der Waals surface area (Å²) in [6, 6.07) is 8.94. The van der Waals surface area contributed by atoms with Gasteiger partial charge in [0.05, 0.1) is 5.25 Å². The maximum atomic E-state index is 12.4. The summed E-state index contributed by atoms with van der Waals surface area (Å²) in [5.74, 6) is -0.244. The van der Waals surface area contributed by atoms with Gasteiger partial charge >= 0.3 is 5.97 Å². The number of hydrogen-bond donors (Lipinski definition) is 1. The molecule has 0 aliphatic carbocycles. The minimum atomic E-state index is -1.01. The Morgan fingerprint density at radius 3 is 2.50 bits per heavy atom. The molecule has 0 saturated carbocycles. The Bertz CT molecular complexity index is 436. The number of benzene rings is 1. The van der Waals surface area contributed by atoms with Crippen molar-refractivity contribution in [1.82, 2.24) is 0 Å². The molecule has 0 aliphatic heterocycles. The van der Waals surface area contributed by atoms with Gasteiger partial charge in [0.1, 0.15) is 6.54 Å². The van der Waals surface area contributed by atoms with E-state index < -0.39 is 5.97 Å². The number of amides is 1. The molecule has 1 amide bonds. The van der Waals surface area contributed by atoms with Crippen LogP contribution in [0.15, 0.2) is 30.3 Å². The number of carbonyl (C=O) groups is 2. The normalized spacial score (nSPS) is 11.9. The van der Waals surface area contributed by atoms with Crippen LogP contribution < -0.4 is 4.90 Å². The Balaban J connectivity index is 2.77. The lowest BCUT2D eigenvalue weighted by Crippen LogP contribution is -2.40. The monoisotopic (exact) mass is 295 g/mol. The van der Waals surface area contributed by atoms with Gasteiger partial charge in [-0.1, -0.05) is 31.5 Å². The predicted octanol–water partition coefficient (Wildman–Crippen LogP) is 3.03. The molecule has 0 radical (unpaired) electrons. The summed E-state index contributed by atoms with van der Waals surface area (Å²) < 4.78 is 0. The highest BCUT2D eigenvalue weighted by Crippen LogP contribution is 2.20. The molecule has 0 fully saturated rings. The average Bonchev–Trinajstić information content (AvgIpc) is 2.45. The van der Waals surface area contributed by atoms with Crippen molar-refractivity contribution >= 4 is 29.3 Å². The summed E-state index contributed by atoms with van der Waals surface area (Å²) in [6.07, 6.45) is 2.15. The number of unbranched alkanes of at least 4 members (excludes halogenated alkanes) is 1. The van der Waals surface area contributed by atoms with E-state index in [9.17, 15) is 9.59 Å². The molecule has 1 unspecified atom stereocenters. The molecule has 1 N–H and O–H groups in total. The van der Waals surface area contributed by atoms with Crippen LogP contribution in [0.3, 0.4) is 0 Å². The van der Waals surface area contributed by atoms with Gasteiger partial charge in [-0.05, 0) is 31.2 Å². The van der Waals surface area contributed by atoms with Crippen molar-refractivity contribution in [3.05, 3.63) is 30.3 Å². The van der Waals surface area contributed by atoms with E-state index >= 15 is 0 Å². The highest BCUT2D eigenvalue weighted by Gasteiger charge is 2.23. The molecule has 1 aromatic carbocycles. The van der Waals surface area contributed by atoms with Gasteiger partial charge in [-0.15, -0.1) is 11.8 Å². The summed E-state index contributed by atoms with van der Waals surface area (Å²) >= 11 is 1.58. The standard InChI is InChI=1S/C15H21NO3S/c1-3-4-10-20-12(2)15(19)16(11-14(17)18)13-8-6-5-7-9-13/h5-9,12H,3-4,10-11H2,1-2H3,(H,17,18). The second-order valence-electron chi connectivity index (χ2n) is 4.52. The Hall–Kier alpha value is -1.49. The van der Waals surface area contributed by atoms with Crippen LogP contribution in [0, 0.1) is 0 Å². The van der Waals surface area contributed by atoms with Crippen LogP contribution in [0.1, 0.15) is 26.7 Å². The quantitative estimate of drug-likeness (QED) is 0.749. The lowest BCUT2D eigenvalue weighted by Gasteiger charge is -2.24. The summed E-state index contributed by atoms with van der Waals surface area (Å²) in [5, 5.41) is 8.75. The Morgan fingerprint density at radius 2 is 1.95 bits per heavy atom. The fraction of sp³-hybridized carbons (Fsp3) is 0.467. The lowest BCUT2D eigenvalue weighted by atomic mass is 10.2. The number of carboxylic acids is 1. The van der Waals surface area contributed by atoms with E-state index in [4.69, 9.17) is 5.11 Å². The number of thioether (sulfide) groups is 1. The Kier molecular flexibility index (Phi) is 7.15. The smallest absolute Gasteiger partial charge is 0.323 e. The maximum Gasteiger partial charge on any atom is 0.323 e. The van der Waals surface area contributed by atoms with Gasteiger partial charge in [-0.3, -0.25) is 9.59 Å². The Labute approximate surface area is 124 Å². The molecular weight excluding hydrogens is 274 g/mol. The van der Waals surface area contributed by atoms with Crippen molar-refractivity contribution in [1.29, 1.82) is 0 Å². The van der Waals surface area contributed by atoms with E-state index in [1.54, 1.807) is 36.0 Å². The third-order valence-electron chi connectivity index (χ3n) is 2.84. The first-order valence-electron chi connectivity index (χ1n) is 6.76. The second-order valence-corrected chi connectivity index (χ2v) is 5.97. The number of nitrogens with zero attached hydrogens (tertiary/aromatic N) is 1. The van der Waals surface area contributed by atoms with Gasteiger partial charge < -0.3 is 10.0 Å². The zero-order valence-corrected chi connectivity index (χ0v) is 12.7. The molecule has 5 heteroatoms. The van der Waals surface area contributed by atoms with E-state index in [0.29, 0.717) is 5.69 Å². The minimum absolute atomic E-state index is 0.153. The summed E-state index contributed by atoms with van der Waals surface area (Å²) in [5.41, 5.74) is 0.628. The number of para-hydroxylation sites is 1. The molecule has 1 aromatic rings. The maximum absolute atomic E-state index is 12.4. The summed E-state index contributed by atoms with van der Waals surface area (Å²) in [4.78, 5) is 24.7. The molecule has 0 saturated heterocycles. The van der Waals surface area contributed by atoms with Gasteiger partial charge in [0.2, 0.25) is 5.91 Å². The fourth-order valence-corrected chi connectivity index (χ4v) is 2.81. The molecule has 1 rings (SSSR count). The van der Waals surface area contributed by atoms with Gasteiger partial charge in [-0.25, -0.2) is 0 Å². The van der Waals surface area contributed by atoms with Crippen LogP contribution >= 0.6 is 11.8 Å². The van der Waals surface area contributed by atoms with Crippen LogP contribution in [0.4, 0.5) is 5.69 Å². The summed E-state index contributed by atoms with van der Waals surface area (Å²) in [6.45, 7) is 3.63. The van der Waals surface area contributed by atoms with Gasteiger partial charge in [0.25, 0.3) is 0 Å². The topological polar surface area (TPSA) is 57.6 Å². The van der Waals surface area contributed by atoms with Crippen LogP contribution in [0.25, 0.3) is 0 Å². The number of carboxylic acid groups (broad SMARTS) is 1. The fourth-order valence-electron chi connectivity index (χ4n) is 1.73. The molecule has 0 spiro atoms. The lowest BCUT2D eigenvalue weighted by molar-refractivity contribution is -0.136. The number of rotatable bonds is 8. The molecule has 4 nitrogen and oxygen atoms in total. The van der Waals surface area contributed by atoms with Crippen molar-refractivity contribution in [2.75, 3.05) is 17.2 Å². The van der Waals surface area contributed by atoms with Crippen molar-refractivity contribution < 1.29 is 14.7 Å². The molecule has 0 aromatic heterocycles. The van der Waals surface area contributed by atoms with E-state index in [1.165, 1.54) is 4.90 Å². The zero-order valence-electron chi connectivity index (χ0n) is 11.9. The van der Waals surface area contributed by atoms with E-state index in [0.717, 1.165) is 18.6 Å². The van der Waals surface area contributed by atoms with Gasteiger partial charge in [0.15, 0.2) is 0 Å². The molecule has 0 heterocycles. The number of hydrogen-bond acceptors (Lipinski definition) is 3. The second kappa shape index (κ2) is 8.64. The molecule has 0 aliphatic rings. The molecule has 1 atom stereocenters. The van der Waals surface area contributed by atoms with Crippen LogP contribution in [0.2, 0.25) is 0 Å². The van der Waals surface area contributed by atoms with Gasteiger partial charge in [0, 0.05) is 5.69 Å². The molecule has 0 bridgehead atoms. The molecule has 20 heavy (non-hydrogen) atoms. The molecular formula is C15H21NO3S. The average molecular weight is 295 g/mol. The van der Waals surface area contributed by atoms with Crippen LogP contribution in [-0.4, -0.2) is 34.5 Å². The predicted molar refractivity (Wildman–Crippen MR) is 83.3 cm³/mol. The third kappa shape index (κ3) is 5.25. The molecule has 110 valence electrons. The Morgan fingerprint density at radius 1 is 1.30 bits per heavy atom. The third-order valence-corrected chi connectivity index (χ3v) is 4.07. The highest BCUT2D eigenvalue weighted by molar-refractivity contribution is 8.00. The van der Waals surface area contributed by atoms with E-state index in [2.05, 4.69) is 6.92 Å². The first kappa shape index (κ1) is 16.6. The number of aliphatic carboxylic acids is 1. The minimum Gasteiger partial charge on any atom is -0.480 e. The number of carbonyl (C=O) groups excluding carboxylic acids is 1. The van der Waals surface area contributed by atoms with Crippen molar-refractivity contribution in [2.24, 2.45) is 0 Å². The first-order chi connectivity index (χ1) is 9.56. The van der Waals surface area contributed by atoms with Crippen LogP contribution in [0.5, 0.6) is 0 Å². The van der Waals surface area contributed by atoms with Gasteiger partial charge in [-0.2, -0.15) is 0 Å².